The van der Waals surface area contributed by atoms with Crippen LogP contribution in [0.4, 0.5) is 5.69 Å². The summed E-state index contributed by atoms with van der Waals surface area (Å²) >= 11 is 11.5. The summed E-state index contributed by atoms with van der Waals surface area (Å²) in [6.45, 7) is 0. The number of ketones is 2. The molecule has 0 atom stereocenters. The lowest BCUT2D eigenvalue weighted by Gasteiger charge is -2.11. The summed E-state index contributed by atoms with van der Waals surface area (Å²) in [6, 6.07) is 7.22. The standard InChI is InChI=1S/C16H11Cl2NO7S/c17-9-5-11(18)15(22)14(6-9)27(25,26)19-10-3-1-2-8(4-10)12(20)7-13(21)16(23)24/h1-6,19,22H,7H2,(H,23,24). The molecule has 142 valence electrons. The van der Waals surface area contributed by atoms with Crippen LogP contribution < -0.4 is 4.72 Å². The van der Waals surface area contributed by atoms with Gasteiger partial charge in [-0.1, -0.05) is 35.3 Å². The summed E-state index contributed by atoms with van der Waals surface area (Å²) in [5.41, 5.74) is -0.128. The Bertz CT molecular complexity index is 1050. The van der Waals surface area contributed by atoms with Crippen LogP contribution in [-0.4, -0.2) is 36.2 Å². The summed E-state index contributed by atoms with van der Waals surface area (Å²) in [5.74, 6) is -4.53. The average Bonchev–Trinajstić information content (AvgIpc) is 2.57. The smallest absolute Gasteiger partial charge is 0.372 e. The zero-order valence-corrected chi connectivity index (χ0v) is 15.6. The highest BCUT2D eigenvalue weighted by Crippen LogP contribution is 2.35. The number of phenolic OH excluding ortho intramolecular Hbond substituents is 1. The van der Waals surface area contributed by atoms with Gasteiger partial charge in [0.05, 0.1) is 11.4 Å². The van der Waals surface area contributed by atoms with E-state index in [-0.39, 0.29) is 21.3 Å². The minimum atomic E-state index is -4.31. The van der Waals surface area contributed by atoms with Crippen LogP contribution in [0.2, 0.25) is 10.0 Å². The van der Waals surface area contributed by atoms with Crippen LogP contribution in [0.5, 0.6) is 5.75 Å². The van der Waals surface area contributed by atoms with E-state index < -0.39 is 44.6 Å². The molecule has 2 aromatic rings. The van der Waals surface area contributed by atoms with E-state index in [9.17, 15) is 27.9 Å². The number of carboxylic acids is 1. The number of aliphatic carboxylic acids is 1. The molecule has 0 aliphatic carbocycles. The highest BCUT2D eigenvalue weighted by molar-refractivity contribution is 7.92. The van der Waals surface area contributed by atoms with E-state index in [1.807, 2.05) is 0 Å². The van der Waals surface area contributed by atoms with Gasteiger partial charge in [-0.25, -0.2) is 13.2 Å². The van der Waals surface area contributed by atoms with Crippen LogP contribution in [0.1, 0.15) is 16.8 Å². The minimum absolute atomic E-state index is 0.0192. The van der Waals surface area contributed by atoms with Crippen molar-refractivity contribution in [2.75, 3.05) is 4.72 Å². The summed E-state index contributed by atoms with van der Waals surface area (Å²) in [5, 5.41) is 18.1. The molecule has 27 heavy (non-hydrogen) atoms. The molecule has 0 radical (unpaired) electrons. The molecule has 2 rings (SSSR count). The molecule has 0 aliphatic rings. The Hall–Kier alpha value is -2.62. The number of carbonyl (C=O) groups excluding carboxylic acids is 2. The molecular formula is C16H11Cl2NO7S. The number of rotatable bonds is 7. The second-order valence-electron chi connectivity index (χ2n) is 5.25. The number of anilines is 1. The molecule has 0 saturated carbocycles. The number of sulfonamides is 1. The number of carbonyl (C=O) groups is 3. The molecule has 0 aromatic heterocycles. The quantitative estimate of drug-likeness (QED) is 0.347. The van der Waals surface area contributed by atoms with Gasteiger partial charge in [0.1, 0.15) is 4.90 Å². The first-order chi connectivity index (χ1) is 12.5. The molecule has 8 nitrogen and oxygen atoms in total. The van der Waals surface area contributed by atoms with E-state index in [1.54, 1.807) is 0 Å². The second kappa shape index (κ2) is 7.95. The molecule has 0 saturated heterocycles. The fourth-order valence-corrected chi connectivity index (χ4v) is 3.84. The lowest BCUT2D eigenvalue weighted by Crippen LogP contribution is -2.17. The summed E-state index contributed by atoms with van der Waals surface area (Å²) in [4.78, 5) is 33.1. The number of carboxylic acid groups (broad SMARTS) is 1. The van der Waals surface area contributed by atoms with Gasteiger partial charge >= 0.3 is 5.97 Å². The van der Waals surface area contributed by atoms with Crippen molar-refractivity contribution in [3.05, 3.63) is 52.0 Å². The van der Waals surface area contributed by atoms with Gasteiger partial charge in [-0.05, 0) is 24.3 Å². The fourth-order valence-electron chi connectivity index (χ4n) is 2.04. The zero-order chi connectivity index (χ0) is 20.4. The molecule has 2 aromatic carbocycles. The number of hydrogen-bond donors (Lipinski definition) is 3. The molecule has 3 N–H and O–H groups in total. The van der Waals surface area contributed by atoms with Gasteiger partial charge in [-0.3, -0.25) is 14.3 Å². The topological polar surface area (TPSA) is 138 Å². The second-order valence-corrected chi connectivity index (χ2v) is 7.74. The first-order valence-corrected chi connectivity index (χ1v) is 9.35. The molecule has 0 spiro atoms. The van der Waals surface area contributed by atoms with Gasteiger partial charge in [0.15, 0.2) is 11.5 Å². The lowest BCUT2D eigenvalue weighted by molar-refractivity contribution is -0.148. The maximum atomic E-state index is 12.5. The van der Waals surface area contributed by atoms with Crippen molar-refractivity contribution < 1.29 is 33.0 Å². The number of Topliss-reactive ketones (excluding diaryl/α,β-unsaturated/α-hetero) is 2. The SMILES string of the molecule is O=C(O)C(=O)CC(=O)c1cccc(NS(=O)(=O)c2cc(Cl)cc(Cl)c2O)c1. The van der Waals surface area contributed by atoms with Gasteiger partial charge in [0.2, 0.25) is 5.78 Å². The Morgan fingerprint density at radius 3 is 2.37 bits per heavy atom. The Kier molecular flexibility index (Phi) is 6.09. The van der Waals surface area contributed by atoms with Gasteiger partial charge in [0.25, 0.3) is 10.0 Å². The fraction of sp³-hybridized carbons (Fsp3) is 0.0625. The van der Waals surface area contributed by atoms with Crippen molar-refractivity contribution in [3.63, 3.8) is 0 Å². The Morgan fingerprint density at radius 1 is 1.07 bits per heavy atom. The molecule has 0 bridgehead atoms. The van der Waals surface area contributed by atoms with Gasteiger partial charge < -0.3 is 10.2 Å². The Labute approximate surface area is 163 Å². The van der Waals surface area contributed by atoms with Crippen LogP contribution in [0.25, 0.3) is 0 Å². The maximum absolute atomic E-state index is 12.5. The Balaban J connectivity index is 2.32. The number of nitrogens with one attached hydrogen (secondary N) is 1. The normalized spacial score (nSPS) is 11.0. The van der Waals surface area contributed by atoms with Crippen LogP contribution >= 0.6 is 23.2 Å². The highest BCUT2D eigenvalue weighted by Gasteiger charge is 2.23. The third-order valence-corrected chi connectivity index (χ3v) is 5.18. The largest absolute Gasteiger partial charge is 0.505 e. The third-order valence-electron chi connectivity index (χ3n) is 3.28. The minimum Gasteiger partial charge on any atom is -0.505 e. The predicted octanol–water partition coefficient (Wildman–Crippen LogP) is 2.73. The summed E-state index contributed by atoms with van der Waals surface area (Å²) in [6.07, 6.45) is -0.865. The van der Waals surface area contributed by atoms with E-state index in [2.05, 4.69) is 4.72 Å². The van der Waals surface area contributed by atoms with Gasteiger partial charge in [-0.15, -0.1) is 0 Å². The molecule has 0 amide bonds. The Morgan fingerprint density at radius 2 is 1.74 bits per heavy atom. The third kappa shape index (κ3) is 4.97. The lowest BCUT2D eigenvalue weighted by atomic mass is 10.1. The monoisotopic (exact) mass is 431 g/mol. The molecule has 11 heteroatoms. The van der Waals surface area contributed by atoms with Crippen molar-refractivity contribution in [2.45, 2.75) is 11.3 Å². The first kappa shape index (κ1) is 20.7. The van der Waals surface area contributed by atoms with Crippen LogP contribution in [-0.2, 0) is 19.6 Å². The van der Waals surface area contributed by atoms with Crippen LogP contribution in [0.3, 0.4) is 0 Å². The average molecular weight is 432 g/mol. The molecule has 0 fully saturated rings. The highest BCUT2D eigenvalue weighted by atomic mass is 35.5. The van der Waals surface area contributed by atoms with E-state index >= 15 is 0 Å². The summed E-state index contributed by atoms with van der Waals surface area (Å²) in [7, 11) is -4.31. The first-order valence-electron chi connectivity index (χ1n) is 7.11. The number of hydrogen-bond acceptors (Lipinski definition) is 6. The van der Waals surface area contributed by atoms with Gasteiger partial charge in [-0.2, -0.15) is 0 Å². The number of aromatic hydroxyl groups is 1. The van der Waals surface area contributed by atoms with E-state index in [1.165, 1.54) is 18.2 Å². The van der Waals surface area contributed by atoms with E-state index in [0.717, 1.165) is 18.2 Å². The zero-order valence-electron chi connectivity index (χ0n) is 13.3. The van der Waals surface area contributed by atoms with Crippen molar-refractivity contribution in [1.29, 1.82) is 0 Å². The maximum Gasteiger partial charge on any atom is 0.372 e. The number of benzene rings is 2. The van der Waals surface area contributed by atoms with Gasteiger partial charge in [0, 0.05) is 16.3 Å². The predicted molar refractivity (Wildman–Crippen MR) is 97.0 cm³/mol. The van der Waals surface area contributed by atoms with Crippen molar-refractivity contribution >= 4 is 56.4 Å². The number of phenols is 1. The summed E-state index contributed by atoms with van der Waals surface area (Å²) < 4.78 is 27.1. The van der Waals surface area contributed by atoms with E-state index in [0.29, 0.717) is 0 Å². The van der Waals surface area contributed by atoms with Crippen molar-refractivity contribution in [3.8, 4) is 5.75 Å². The van der Waals surface area contributed by atoms with Crippen molar-refractivity contribution in [2.24, 2.45) is 0 Å². The number of halogens is 2. The van der Waals surface area contributed by atoms with Crippen LogP contribution in [0.15, 0.2) is 41.3 Å². The van der Waals surface area contributed by atoms with E-state index in [4.69, 9.17) is 28.3 Å². The molecular weight excluding hydrogens is 421 g/mol. The van der Waals surface area contributed by atoms with Crippen molar-refractivity contribution in [1.82, 2.24) is 0 Å². The molecule has 0 unspecified atom stereocenters. The van der Waals surface area contributed by atoms with Crippen LogP contribution in [0, 0.1) is 0 Å². The molecule has 0 heterocycles. The molecule has 0 aliphatic heterocycles.